The predicted octanol–water partition coefficient (Wildman–Crippen LogP) is 14.5. The first-order valence-corrected chi connectivity index (χ1v) is 20.7. The highest BCUT2D eigenvalue weighted by molar-refractivity contribution is 6.11. The van der Waals surface area contributed by atoms with Crippen molar-refractivity contribution >= 4 is 43.7 Å². The molecule has 0 fully saturated rings. The molecule has 0 amide bonds. The van der Waals surface area contributed by atoms with E-state index >= 15 is 0 Å². The number of unbranched alkanes of at least 4 members (excludes halogenated alkanes) is 1. The molecule has 0 saturated carbocycles. The van der Waals surface area contributed by atoms with Crippen molar-refractivity contribution in [2.24, 2.45) is 0 Å². The van der Waals surface area contributed by atoms with E-state index in [0.29, 0.717) is 17.5 Å². The van der Waals surface area contributed by atoms with Gasteiger partial charge in [-0.1, -0.05) is 159 Å². The predicted molar refractivity (Wildman–Crippen MR) is 247 cm³/mol. The number of furan rings is 1. The summed E-state index contributed by atoms with van der Waals surface area (Å²) in [6, 6.07) is 66.3. The van der Waals surface area contributed by atoms with Crippen LogP contribution in [0.25, 0.3) is 106 Å². The van der Waals surface area contributed by atoms with Crippen LogP contribution in [-0.2, 0) is 6.42 Å². The molecule has 11 rings (SSSR count). The maximum absolute atomic E-state index is 6.37. The van der Waals surface area contributed by atoms with Crippen molar-refractivity contribution in [3.05, 3.63) is 194 Å². The van der Waals surface area contributed by atoms with E-state index in [0.717, 1.165) is 84.0 Å². The second-order valence-electron chi connectivity index (χ2n) is 15.5. The third kappa shape index (κ3) is 6.32. The van der Waals surface area contributed by atoms with Gasteiger partial charge in [-0.3, -0.25) is 0 Å². The van der Waals surface area contributed by atoms with E-state index in [1.807, 2.05) is 60.7 Å². The van der Waals surface area contributed by atoms with Gasteiger partial charge >= 0.3 is 0 Å². The van der Waals surface area contributed by atoms with Gasteiger partial charge in [0.25, 0.3) is 0 Å². The van der Waals surface area contributed by atoms with Crippen molar-refractivity contribution in [2.45, 2.75) is 26.2 Å². The Labute approximate surface area is 348 Å². The molecule has 0 aliphatic rings. The maximum atomic E-state index is 6.37. The summed E-state index contributed by atoms with van der Waals surface area (Å²) in [5.41, 5.74) is 13.8. The molecule has 0 spiro atoms. The van der Waals surface area contributed by atoms with E-state index in [2.05, 4.69) is 139 Å². The van der Waals surface area contributed by atoms with E-state index in [4.69, 9.17) is 19.4 Å². The van der Waals surface area contributed by atoms with E-state index in [1.54, 1.807) is 0 Å². The lowest BCUT2D eigenvalue weighted by Gasteiger charge is -2.14. The van der Waals surface area contributed by atoms with E-state index in [-0.39, 0.29) is 0 Å². The highest BCUT2D eigenvalue weighted by Gasteiger charge is 2.18. The van der Waals surface area contributed by atoms with Crippen LogP contribution in [0.1, 0.15) is 25.3 Å². The summed E-state index contributed by atoms with van der Waals surface area (Å²) >= 11 is 0. The number of hydrogen-bond donors (Lipinski definition) is 0. The minimum absolute atomic E-state index is 0.629. The first kappa shape index (κ1) is 35.5. The highest BCUT2D eigenvalue weighted by Crippen LogP contribution is 2.39. The number of nitrogens with zero attached hydrogens (tertiary/aromatic N) is 4. The second-order valence-corrected chi connectivity index (χ2v) is 15.5. The standard InChI is InChI=1S/C55H40N4O/c1-2-3-15-36-26-29-46-48-34-39(28-31-51(48)60-52(46)32-36)40-27-30-45-44-23-12-13-25-49(44)59(50(45)35-40)42-21-14-20-41(33-42)43-22-10-11-24-47(43)55-57-53(37-16-6-4-7-17-37)56-54(58-55)38-18-8-5-9-19-38/h4-14,16-35H,2-3,15H2,1H3. The van der Waals surface area contributed by atoms with Gasteiger partial charge in [0.15, 0.2) is 17.5 Å². The molecule has 5 nitrogen and oxygen atoms in total. The molecule has 0 aliphatic heterocycles. The molecule has 5 heteroatoms. The molecule has 8 aromatic carbocycles. The Balaban J connectivity index is 1.03. The molecule has 0 saturated heterocycles. The topological polar surface area (TPSA) is 56.7 Å². The normalized spacial score (nSPS) is 11.6. The fourth-order valence-corrected chi connectivity index (χ4v) is 8.64. The van der Waals surface area contributed by atoms with Crippen LogP contribution >= 0.6 is 0 Å². The zero-order chi connectivity index (χ0) is 40.0. The summed E-state index contributed by atoms with van der Waals surface area (Å²) in [7, 11) is 0. The molecular weight excluding hydrogens is 733 g/mol. The van der Waals surface area contributed by atoms with Gasteiger partial charge < -0.3 is 8.98 Å². The Morgan fingerprint density at radius 3 is 1.83 bits per heavy atom. The van der Waals surface area contributed by atoms with Gasteiger partial charge in [-0.25, -0.2) is 15.0 Å². The van der Waals surface area contributed by atoms with Crippen LogP contribution in [0.4, 0.5) is 0 Å². The van der Waals surface area contributed by atoms with Crippen LogP contribution in [0.5, 0.6) is 0 Å². The van der Waals surface area contributed by atoms with Gasteiger partial charge in [0.05, 0.1) is 11.0 Å². The van der Waals surface area contributed by atoms with Gasteiger partial charge in [0, 0.05) is 43.9 Å². The fraction of sp³-hybridized carbons (Fsp3) is 0.0727. The van der Waals surface area contributed by atoms with Crippen molar-refractivity contribution < 1.29 is 4.42 Å². The molecule has 0 N–H and O–H groups in total. The zero-order valence-corrected chi connectivity index (χ0v) is 33.2. The molecular formula is C55H40N4O. The lowest BCUT2D eigenvalue weighted by molar-refractivity contribution is 0.667. The van der Waals surface area contributed by atoms with Crippen LogP contribution in [0, 0.1) is 0 Å². The minimum atomic E-state index is 0.629. The van der Waals surface area contributed by atoms with Crippen LogP contribution in [-0.4, -0.2) is 19.5 Å². The molecule has 0 radical (unpaired) electrons. The molecule has 3 aromatic heterocycles. The van der Waals surface area contributed by atoms with Crippen LogP contribution in [0.2, 0.25) is 0 Å². The quantitative estimate of drug-likeness (QED) is 0.147. The first-order valence-electron chi connectivity index (χ1n) is 20.7. The van der Waals surface area contributed by atoms with Crippen LogP contribution < -0.4 is 0 Å². The molecule has 0 aliphatic carbocycles. The number of benzene rings is 8. The summed E-state index contributed by atoms with van der Waals surface area (Å²) in [6.45, 7) is 2.23. The Bertz CT molecular complexity index is 3310. The van der Waals surface area contributed by atoms with E-state index in [9.17, 15) is 0 Å². The number of aryl methyl sites for hydroxylation is 1. The highest BCUT2D eigenvalue weighted by atomic mass is 16.3. The van der Waals surface area contributed by atoms with Crippen molar-refractivity contribution in [2.75, 3.05) is 0 Å². The summed E-state index contributed by atoms with van der Waals surface area (Å²) in [6.07, 6.45) is 3.43. The van der Waals surface area contributed by atoms with Gasteiger partial charge in [-0.15, -0.1) is 0 Å². The first-order chi connectivity index (χ1) is 29.7. The number of fused-ring (bicyclic) bond motifs is 6. The van der Waals surface area contributed by atoms with Crippen molar-refractivity contribution in [1.29, 1.82) is 0 Å². The number of rotatable bonds is 9. The lowest BCUT2D eigenvalue weighted by atomic mass is 9.98. The fourth-order valence-electron chi connectivity index (χ4n) is 8.64. The lowest BCUT2D eigenvalue weighted by Crippen LogP contribution is -2.01. The van der Waals surface area contributed by atoms with Crippen molar-refractivity contribution in [3.63, 3.8) is 0 Å². The third-order valence-corrected chi connectivity index (χ3v) is 11.6. The van der Waals surface area contributed by atoms with E-state index < -0.39 is 0 Å². The third-order valence-electron chi connectivity index (χ3n) is 11.6. The SMILES string of the molecule is CCCCc1ccc2c(c1)oc1ccc(-c3ccc4c5ccccc5n(-c5cccc(-c6ccccc6-c6nc(-c7ccccc7)nc(-c7ccccc7)n6)c5)c4c3)cc12. The Morgan fingerprint density at radius 1 is 0.417 bits per heavy atom. The second kappa shape index (κ2) is 14.9. The number of hydrogen-bond acceptors (Lipinski definition) is 4. The van der Waals surface area contributed by atoms with Gasteiger partial charge in [-0.2, -0.15) is 0 Å². The number of aromatic nitrogens is 4. The maximum Gasteiger partial charge on any atom is 0.164 e. The van der Waals surface area contributed by atoms with Gasteiger partial charge in [0.2, 0.25) is 0 Å². The Morgan fingerprint density at radius 2 is 1.05 bits per heavy atom. The van der Waals surface area contributed by atoms with Crippen LogP contribution in [0.3, 0.4) is 0 Å². The monoisotopic (exact) mass is 772 g/mol. The Hall–Kier alpha value is -7.63. The van der Waals surface area contributed by atoms with Gasteiger partial charge in [-0.05, 0) is 83.1 Å². The van der Waals surface area contributed by atoms with Crippen molar-refractivity contribution in [1.82, 2.24) is 19.5 Å². The molecule has 60 heavy (non-hydrogen) atoms. The summed E-state index contributed by atoms with van der Waals surface area (Å²) in [5, 5.41) is 4.72. The zero-order valence-electron chi connectivity index (χ0n) is 33.2. The molecule has 0 unspecified atom stereocenters. The van der Waals surface area contributed by atoms with Crippen molar-refractivity contribution in [3.8, 4) is 62.1 Å². The summed E-state index contributed by atoms with van der Waals surface area (Å²) in [5.74, 6) is 1.91. The average molecular weight is 773 g/mol. The molecule has 286 valence electrons. The molecule has 3 heterocycles. The molecule has 0 bridgehead atoms. The Kier molecular flexibility index (Phi) is 8.85. The van der Waals surface area contributed by atoms with Crippen LogP contribution in [0.15, 0.2) is 192 Å². The largest absolute Gasteiger partial charge is 0.456 e. The van der Waals surface area contributed by atoms with E-state index in [1.165, 1.54) is 29.2 Å². The summed E-state index contributed by atoms with van der Waals surface area (Å²) < 4.78 is 8.77. The number of para-hydroxylation sites is 1. The molecule has 11 aromatic rings. The summed E-state index contributed by atoms with van der Waals surface area (Å²) in [4.78, 5) is 15.1. The molecule has 0 atom stereocenters. The average Bonchev–Trinajstić information content (AvgIpc) is 3.86. The smallest absolute Gasteiger partial charge is 0.164 e. The van der Waals surface area contributed by atoms with Gasteiger partial charge in [0.1, 0.15) is 11.2 Å². The minimum Gasteiger partial charge on any atom is -0.456 e.